The summed E-state index contributed by atoms with van der Waals surface area (Å²) >= 11 is 1.36. The van der Waals surface area contributed by atoms with Crippen molar-refractivity contribution in [3.05, 3.63) is 48.0 Å². The van der Waals surface area contributed by atoms with E-state index in [0.29, 0.717) is 22.2 Å². The highest BCUT2D eigenvalue weighted by Crippen LogP contribution is 2.18. The van der Waals surface area contributed by atoms with Crippen LogP contribution in [0.15, 0.2) is 47.5 Å². The van der Waals surface area contributed by atoms with Gasteiger partial charge in [-0.3, -0.25) is 9.59 Å². The molecule has 2 amide bonds. The molecule has 6 nitrogen and oxygen atoms in total. The lowest BCUT2D eigenvalue weighted by molar-refractivity contribution is -0.127. The van der Waals surface area contributed by atoms with Crippen LogP contribution in [0.25, 0.3) is 0 Å². The molecule has 0 saturated carbocycles. The third-order valence-corrected chi connectivity index (χ3v) is 4.62. The average molecular weight is 342 g/mol. The smallest absolute Gasteiger partial charge is 0.256 e. The Labute approximate surface area is 144 Å². The number of benzene rings is 1. The van der Waals surface area contributed by atoms with Crippen molar-refractivity contribution in [1.29, 1.82) is 0 Å². The minimum Gasteiger partial charge on any atom is -0.342 e. The zero-order valence-corrected chi connectivity index (χ0v) is 14.0. The fourth-order valence-corrected chi connectivity index (χ4v) is 3.15. The average Bonchev–Trinajstić information content (AvgIpc) is 3.16. The van der Waals surface area contributed by atoms with Crippen LogP contribution in [0.1, 0.15) is 23.2 Å². The molecule has 2 heterocycles. The Balaban J connectivity index is 1.51. The lowest BCUT2D eigenvalue weighted by Gasteiger charge is -2.14. The molecule has 0 unspecified atom stereocenters. The molecule has 0 aliphatic carbocycles. The van der Waals surface area contributed by atoms with Gasteiger partial charge in [-0.05, 0) is 37.1 Å². The van der Waals surface area contributed by atoms with Gasteiger partial charge < -0.3 is 10.2 Å². The molecule has 0 radical (unpaired) electrons. The Morgan fingerprint density at radius 2 is 1.79 bits per heavy atom. The highest BCUT2D eigenvalue weighted by Gasteiger charge is 2.18. The van der Waals surface area contributed by atoms with Gasteiger partial charge in [-0.15, -0.1) is 10.2 Å². The predicted octanol–water partition coefficient (Wildman–Crippen LogP) is 2.44. The van der Waals surface area contributed by atoms with E-state index in [4.69, 9.17) is 0 Å². The molecule has 1 aromatic carbocycles. The number of nitrogens with one attached hydrogen (secondary N) is 1. The SMILES string of the molecule is O=C(Nc1ccc(SCC(=O)N2CCCC2)nn1)c1ccccc1. The summed E-state index contributed by atoms with van der Waals surface area (Å²) in [4.78, 5) is 25.9. The van der Waals surface area contributed by atoms with Gasteiger partial charge >= 0.3 is 0 Å². The van der Waals surface area contributed by atoms with Crippen molar-refractivity contribution in [2.24, 2.45) is 0 Å². The summed E-state index contributed by atoms with van der Waals surface area (Å²) in [6, 6.07) is 12.4. The number of hydrogen-bond acceptors (Lipinski definition) is 5. The van der Waals surface area contributed by atoms with Crippen LogP contribution in [0.4, 0.5) is 5.82 Å². The molecule has 124 valence electrons. The fraction of sp³-hybridized carbons (Fsp3) is 0.294. The number of rotatable bonds is 5. The molecule has 0 bridgehead atoms. The van der Waals surface area contributed by atoms with E-state index in [1.165, 1.54) is 11.8 Å². The van der Waals surface area contributed by atoms with Gasteiger partial charge in [0.05, 0.1) is 5.75 Å². The van der Waals surface area contributed by atoms with Crippen molar-refractivity contribution in [2.45, 2.75) is 17.9 Å². The number of likely N-dealkylation sites (tertiary alicyclic amines) is 1. The Morgan fingerprint density at radius 1 is 1.04 bits per heavy atom. The maximum absolute atomic E-state index is 12.0. The maximum atomic E-state index is 12.0. The van der Waals surface area contributed by atoms with Crippen LogP contribution >= 0.6 is 11.8 Å². The van der Waals surface area contributed by atoms with E-state index >= 15 is 0 Å². The van der Waals surface area contributed by atoms with Gasteiger partial charge in [-0.2, -0.15) is 0 Å². The van der Waals surface area contributed by atoms with Crippen molar-refractivity contribution in [3.8, 4) is 0 Å². The molecule has 0 atom stereocenters. The molecule has 1 fully saturated rings. The van der Waals surface area contributed by atoms with E-state index in [1.807, 2.05) is 11.0 Å². The summed E-state index contributed by atoms with van der Waals surface area (Å²) in [5.74, 6) is 0.666. The molecule has 1 aliphatic heterocycles. The summed E-state index contributed by atoms with van der Waals surface area (Å²) in [5, 5.41) is 11.4. The number of amides is 2. The number of carbonyl (C=O) groups is 2. The van der Waals surface area contributed by atoms with Crippen LogP contribution in [-0.4, -0.2) is 45.8 Å². The Hall–Kier alpha value is -2.41. The van der Waals surface area contributed by atoms with Gasteiger partial charge in [-0.25, -0.2) is 0 Å². The van der Waals surface area contributed by atoms with Crippen LogP contribution in [0.3, 0.4) is 0 Å². The molecule has 2 aromatic rings. The van der Waals surface area contributed by atoms with Crippen molar-refractivity contribution < 1.29 is 9.59 Å². The number of aromatic nitrogens is 2. The minimum atomic E-state index is -0.227. The molecular formula is C17H18N4O2S. The fourth-order valence-electron chi connectivity index (χ4n) is 2.44. The standard InChI is InChI=1S/C17H18N4O2S/c22-16(21-10-4-5-11-21)12-24-15-9-8-14(19-20-15)18-17(23)13-6-2-1-3-7-13/h1-3,6-9H,4-5,10-12H2,(H,18,19,23). The number of nitrogens with zero attached hydrogens (tertiary/aromatic N) is 3. The predicted molar refractivity (Wildman–Crippen MR) is 93.0 cm³/mol. The Kier molecular flexibility index (Phi) is 5.43. The Bertz CT molecular complexity index is 700. The van der Waals surface area contributed by atoms with Crippen molar-refractivity contribution >= 4 is 29.4 Å². The zero-order valence-electron chi connectivity index (χ0n) is 13.1. The molecular weight excluding hydrogens is 324 g/mol. The summed E-state index contributed by atoms with van der Waals surface area (Å²) in [7, 11) is 0. The van der Waals surface area contributed by atoms with Gasteiger partial charge in [0.1, 0.15) is 5.03 Å². The third kappa shape index (κ3) is 4.32. The molecule has 1 saturated heterocycles. The molecule has 1 aliphatic rings. The molecule has 1 aromatic heterocycles. The third-order valence-electron chi connectivity index (χ3n) is 3.72. The first kappa shape index (κ1) is 16.4. The zero-order chi connectivity index (χ0) is 16.8. The summed E-state index contributed by atoms with van der Waals surface area (Å²) in [6.07, 6.45) is 2.18. The monoisotopic (exact) mass is 342 g/mol. The second-order valence-corrected chi connectivity index (χ2v) is 6.45. The number of anilines is 1. The molecule has 1 N–H and O–H groups in total. The second-order valence-electron chi connectivity index (χ2n) is 5.45. The van der Waals surface area contributed by atoms with Crippen LogP contribution < -0.4 is 5.32 Å². The largest absolute Gasteiger partial charge is 0.342 e. The first-order valence-corrected chi connectivity index (χ1v) is 8.81. The van der Waals surface area contributed by atoms with Gasteiger partial charge in [0.25, 0.3) is 5.91 Å². The van der Waals surface area contributed by atoms with Crippen LogP contribution in [0.5, 0.6) is 0 Å². The van der Waals surface area contributed by atoms with Gasteiger partial charge in [0, 0.05) is 18.7 Å². The van der Waals surface area contributed by atoms with Crippen molar-refractivity contribution in [1.82, 2.24) is 15.1 Å². The van der Waals surface area contributed by atoms with Gasteiger partial charge in [0.15, 0.2) is 5.82 Å². The van der Waals surface area contributed by atoms with Crippen LogP contribution in [0.2, 0.25) is 0 Å². The van der Waals surface area contributed by atoms with Crippen molar-refractivity contribution in [2.75, 3.05) is 24.2 Å². The maximum Gasteiger partial charge on any atom is 0.256 e. The lowest BCUT2D eigenvalue weighted by Crippen LogP contribution is -2.29. The normalized spacial score (nSPS) is 13.8. The lowest BCUT2D eigenvalue weighted by atomic mass is 10.2. The second kappa shape index (κ2) is 7.92. The van der Waals surface area contributed by atoms with E-state index in [2.05, 4.69) is 15.5 Å². The summed E-state index contributed by atoms with van der Waals surface area (Å²) in [6.45, 7) is 1.71. The van der Waals surface area contributed by atoms with Gasteiger partial charge in [0.2, 0.25) is 5.91 Å². The molecule has 0 spiro atoms. The highest BCUT2D eigenvalue weighted by molar-refractivity contribution is 7.99. The first-order chi connectivity index (χ1) is 11.7. The van der Waals surface area contributed by atoms with Crippen LogP contribution in [0, 0.1) is 0 Å². The van der Waals surface area contributed by atoms with E-state index in [9.17, 15) is 9.59 Å². The first-order valence-electron chi connectivity index (χ1n) is 7.83. The molecule has 3 rings (SSSR count). The molecule has 24 heavy (non-hydrogen) atoms. The van der Waals surface area contributed by atoms with E-state index in [0.717, 1.165) is 25.9 Å². The quantitative estimate of drug-likeness (QED) is 0.845. The van der Waals surface area contributed by atoms with E-state index in [-0.39, 0.29) is 11.8 Å². The number of thioether (sulfide) groups is 1. The van der Waals surface area contributed by atoms with Crippen molar-refractivity contribution in [3.63, 3.8) is 0 Å². The van der Waals surface area contributed by atoms with Crippen LogP contribution in [-0.2, 0) is 4.79 Å². The summed E-state index contributed by atoms with van der Waals surface area (Å²) < 4.78 is 0. The van der Waals surface area contributed by atoms with E-state index in [1.54, 1.807) is 36.4 Å². The van der Waals surface area contributed by atoms with E-state index < -0.39 is 0 Å². The Morgan fingerprint density at radius 3 is 2.46 bits per heavy atom. The number of hydrogen-bond donors (Lipinski definition) is 1. The van der Waals surface area contributed by atoms with Gasteiger partial charge in [-0.1, -0.05) is 30.0 Å². The summed E-state index contributed by atoms with van der Waals surface area (Å²) in [5.41, 5.74) is 0.564. The highest BCUT2D eigenvalue weighted by atomic mass is 32.2. The minimum absolute atomic E-state index is 0.140. The topological polar surface area (TPSA) is 75.2 Å². The molecule has 7 heteroatoms. The number of carbonyl (C=O) groups excluding carboxylic acids is 2.